The molecule has 0 atom stereocenters. The van der Waals surface area contributed by atoms with Crippen LogP contribution in [-0.4, -0.2) is 26.0 Å². The van der Waals surface area contributed by atoms with Crippen molar-refractivity contribution < 1.29 is 17.9 Å². The first-order valence-corrected chi connectivity index (χ1v) is 9.43. The van der Waals surface area contributed by atoms with Crippen LogP contribution in [0.5, 0.6) is 5.75 Å². The molecule has 0 radical (unpaired) electrons. The van der Waals surface area contributed by atoms with Crippen molar-refractivity contribution in [2.75, 3.05) is 7.11 Å². The predicted molar refractivity (Wildman–Crippen MR) is 98.2 cm³/mol. The molecule has 0 fully saturated rings. The summed E-state index contributed by atoms with van der Waals surface area (Å²) in [4.78, 5) is 12.2. The van der Waals surface area contributed by atoms with Gasteiger partial charge in [-0.3, -0.25) is 4.79 Å². The van der Waals surface area contributed by atoms with Gasteiger partial charge in [0.1, 0.15) is 12.3 Å². The van der Waals surface area contributed by atoms with Crippen molar-refractivity contribution in [3.8, 4) is 5.75 Å². The molecule has 0 unspecified atom stereocenters. The average Bonchev–Trinajstić information content (AvgIpc) is 3.01. The van der Waals surface area contributed by atoms with E-state index in [1.165, 1.54) is 12.1 Å². The first-order valence-electron chi connectivity index (χ1n) is 7.88. The van der Waals surface area contributed by atoms with Crippen molar-refractivity contribution in [3.05, 3.63) is 60.3 Å². The Balaban J connectivity index is 1.62. The highest BCUT2D eigenvalue weighted by atomic mass is 32.2. The van der Waals surface area contributed by atoms with Crippen LogP contribution in [0, 0.1) is 0 Å². The number of primary sulfonamides is 1. The van der Waals surface area contributed by atoms with E-state index in [0.29, 0.717) is 6.54 Å². The Morgan fingerprint density at radius 1 is 1.15 bits per heavy atom. The number of ether oxygens (including phenoxy) is 1. The maximum absolute atomic E-state index is 12.2. The lowest BCUT2D eigenvalue weighted by Crippen LogP contribution is -2.26. The minimum atomic E-state index is -3.71. The van der Waals surface area contributed by atoms with Crippen molar-refractivity contribution in [3.63, 3.8) is 0 Å². The standard InChI is InChI=1S/C18H19N3O4S/c1-25-15-4-7-17-14(10-15)8-9-21(17)12-18(22)20-11-13-2-5-16(6-3-13)26(19,23)24/h2-10H,11-12H2,1H3,(H,20,22)(H2,19,23,24). The lowest BCUT2D eigenvalue weighted by Gasteiger charge is -2.08. The quantitative estimate of drug-likeness (QED) is 0.685. The Hall–Kier alpha value is -2.84. The largest absolute Gasteiger partial charge is 0.497 e. The zero-order valence-corrected chi connectivity index (χ0v) is 15.0. The molecule has 1 amide bonds. The summed E-state index contributed by atoms with van der Waals surface area (Å²) in [5, 5.41) is 8.87. The van der Waals surface area contributed by atoms with Gasteiger partial charge in [0.25, 0.3) is 0 Å². The highest BCUT2D eigenvalue weighted by Gasteiger charge is 2.09. The van der Waals surface area contributed by atoms with E-state index in [1.54, 1.807) is 19.2 Å². The second kappa shape index (κ2) is 7.19. The molecule has 3 aromatic rings. The molecular formula is C18H19N3O4S. The van der Waals surface area contributed by atoms with Crippen molar-refractivity contribution in [1.29, 1.82) is 0 Å². The highest BCUT2D eigenvalue weighted by Crippen LogP contribution is 2.21. The van der Waals surface area contributed by atoms with E-state index in [9.17, 15) is 13.2 Å². The lowest BCUT2D eigenvalue weighted by atomic mass is 10.2. The van der Waals surface area contributed by atoms with E-state index >= 15 is 0 Å². The molecule has 26 heavy (non-hydrogen) atoms. The number of benzene rings is 2. The molecular weight excluding hydrogens is 354 g/mol. The van der Waals surface area contributed by atoms with Gasteiger partial charge in [0, 0.05) is 23.6 Å². The number of nitrogens with one attached hydrogen (secondary N) is 1. The number of hydrogen-bond acceptors (Lipinski definition) is 4. The molecule has 0 aliphatic rings. The molecule has 1 heterocycles. The van der Waals surface area contributed by atoms with Crippen molar-refractivity contribution in [1.82, 2.24) is 9.88 Å². The number of aromatic nitrogens is 1. The fourth-order valence-corrected chi connectivity index (χ4v) is 3.17. The molecule has 7 nitrogen and oxygen atoms in total. The second-order valence-corrected chi connectivity index (χ2v) is 7.40. The number of nitrogens with zero attached hydrogens (tertiary/aromatic N) is 1. The van der Waals surface area contributed by atoms with Crippen molar-refractivity contribution >= 4 is 26.8 Å². The van der Waals surface area contributed by atoms with E-state index in [-0.39, 0.29) is 17.3 Å². The molecule has 0 aliphatic carbocycles. The van der Waals surface area contributed by atoms with Crippen LogP contribution in [0.25, 0.3) is 10.9 Å². The summed E-state index contributed by atoms with van der Waals surface area (Å²) in [5.41, 5.74) is 1.73. The van der Waals surface area contributed by atoms with Gasteiger partial charge in [-0.15, -0.1) is 0 Å². The van der Waals surface area contributed by atoms with Crippen LogP contribution < -0.4 is 15.2 Å². The number of amides is 1. The molecule has 2 aromatic carbocycles. The molecule has 0 saturated carbocycles. The molecule has 1 aromatic heterocycles. The first kappa shape index (κ1) is 18.0. The van der Waals surface area contributed by atoms with Gasteiger partial charge in [0.05, 0.1) is 12.0 Å². The fraction of sp³-hybridized carbons (Fsp3) is 0.167. The summed E-state index contributed by atoms with van der Waals surface area (Å²) < 4.78 is 29.5. The van der Waals surface area contributed by atoms with Crippen LogP contribution in [0.2, 0.25) is 0 Å². The minimum absolute atomic E-state index is 0.0433. The highest BCUT2D eigenvalue weighted by molar-refractivity contribution is 7.89. The predicted octanol–water partition coefficient (Wildman–Crippen LogP) is 1.61. The number of fused-ring (bicyclic) bond motifs is 1. The maximum atomic E-state index is 12.2. The van der Waals surface area contributed by atoms with Gasteiger partial charge in [-0.05, 0) is 42.0 Å². The molecule has 3 rings (SSSR count). The number of methoxy groups -OCH3 is 1. The van der Waals surface area contributed by atoms with Gasteiger partial charge in [-0.1, -0.05) is 12.1 Å². The average molecular weight is 373 g/mol. The van der Waals surface area contributed by atoms with Crippen LogP contribution in [0.15, 0.2) is 59.6 Å². The van der Waals surface area contributed by atoms with E-state index in [1.807, 2.05) is 35.0 Å². The third-order valence-electron chi connectivity index (χ3n) is 4.03. The maximum Gasteiger partial charge on any atom is 0.240 e. The SMILES string of the molecule is COc1ccc2c(ccn2CC(=O)NCc2ccc(S(N)(=O)=O)cc2)c1. The Morgan fingerprint density at radius 3 is 2.54 bits per heavy atom. The van der Waals surface area contributed by atoms with Gasteiger partial charge in [0.15, 0.2) is 0 Å². The summed E-state index contributed by atoms with van der Waals surface area (Å²) >= 11 is 0. The summed E-state index contributed by atoms with van der Waals surface area (Å²) in [7, 11) is -2.10. The topological polar surface area (TPSA) is 103 Å². The third-order valence-corrected chi connectivity index (χ3v) is 4.96. The number of nitrogens with two attached hydrogens (primary N) is 1. The number of carbonyl (C=O) groups is 1. The minimum Gasteiger partial charge on any atom is -0.497 e. The Bertz CT molecular complexity index is 1040. The zero-order valence-electron chi connectivity index (χ0n) is 14.2. The molecule has 136 valence electrons. The number of rotatable bonds is 6. The van der Waals surface area contributed by atoms with E-state index < -0.39 is 10.0 Å². The molecule has 0 saturated heterocycles. The van der Waals surface area contributed by atoms with Gasteiger partial charge in [-0.25, -0.2) is 13.6 Å². The summed E-state index contributed by atoms with van der Waals surface area (Å²) in [5.74, 6) is 0.622. The van der Waals surface area contributed by atoms with Crippen molar-refractivity contribution in [2.45, 2.75) is 18.0 Å². The van der Waals surface area contributed by atoms with Crippen molar-refractivity contribution in [2.24, 2.45) is 5.14 Å². The van der Waals surface area contributed by atoms with E-state index in [4.69, 9.17) is 9.88 Å². The molecule has 3 N–H and O–H groups in total. The van der Waals surface area contributed by atoms with E-state index in [2.05, 4.69) is 5.32 Å². The second-order valence-electron chi connectivity index (χ2n) is 5.83. The lowest BCUT2D eigenvalue weighted by molar-refractivity contribution is -0.121. The van der Waals surface area contributed by atoms with Gasteiger partial charge in [-0.2, -0.15) is 0 Å². The summed E-state index contributed by atoms with van der Waals surface area (Å²) in [6, 6.07) is 13.7. The molecule has 0 bridgehead atoms. The number of carbonyl (C=O) groups excluding carboxylic acids is 1. The van der Waals surface area contributed by atoms with Crippen LogP contribution in [-0.2, 0) is 27.9 Å². The van der Waals surface area contributed by atoms with Crippen LogP contribution in [0.1, 0.15) is 5.56 Å². The van der Waals surface area contributed by atoms with Crippen LogP contribution in [0.4, 0.5) is 0 Å². The fourth-order valence-electron chi connectivity index (χ4n) is 2.65. The monoisotopic (exact) mass is 373 g/mol. The molecule has 0 spiro atoms. The Morgan fingerprint density at radius 2 is 1.88 bits per heavy atom. The normalized spacial score (nSPS) is 11.5. The number of hydrogen-bond donors (Lipinski definition) is 2. The van der Waals surface area contributed by atoms with Gasteiger partial charge in [0.2, 0.25) is 15.9 Å². The molecule has 0 aliphatic heterocycles. The summed E-state index contributed by atoms with van der Waals surface area (Å²) in [6.45, 7) is 0.488. The Kier molecular flexibility index (Phi) is 4.97. The number of sulfonamides is 1. The third kappa shape index (κ3) is 4.04. The zero-order chi connectivity index (χ0) is 18.7. The first-order chi connectivity index (χ1) is 12.4. The van der Waals surface area contributed by atoms with Crippen LogP contribution >= 0.6 is 0 Å². The van der Waals surface area contributed by atoms with Crippen LogP contribution in [0.3, 0.4) is 0 Å². The van der Waals surface area contributed by atoms with Gasteiger partial charge < -0.3 is 14.6 Å². The summed E-state index contributed by atoms with van der Waals surface area (Å²) in [6.07, 6.45) is 1.85. The van der Waals surface area contributed by atoms with E-state index in [0.717, 1.165) is 22.2 Å². The smallest absolute Gasteiger partial charge is 0.240 e. The molecule has 8 heteroatoms. The van der Waals surface area contributed by atoms with Gasteiger partial charge >= 0.3 is 0 Å². The Labute approximate surface area is 151 Å².